The molecule has 0 bridgehead atoms. The molecule has 3 heterocycles. The van der Waals surface area contributed by atoms with E-state index >= 15 is 0 Å². The Kier molecular flexibility index (Phi) is 4.67. The fourth-order valence-electron chi connectivity index (χ4n) is 3.01. The van der Waals surface area contributed by atoms with Crippen molar-refractivity contribution in [3.05, 3.63) is 22.7 Å². The van der Waals surface area contributed by atoms with Crippen LogP contribution in [-0.2, 0) is 6.54 Å². The summed E-state index contributed by atoms with van der Waals surface area (Å²) in [6.45, 7) is 4.76. The average Bonchev–Trinajstić information content (AvgIpc) is 3.18. The van der Waals surface area contributed by atoms with Crippen molar-refractivity contribution in [2.24, 2.45) is 11.7 Å². The number of thiophene rings is 1. The van der Waals surface area contributed by atoms with Crippen LogP contribution in [-0.4, -0.2) is 34.2 Å². The lowest BCUT2D eigenvalue weighted by atomic mass is 9.89. The highest BCUT2D eigenvalue weighted by molar-refractivity contribution is 7.08. The highest BCUT2D eigenvalue weighted by atomic mass is 32.1. The second kappa shape index (κ2) is 6.68. The first kappa shape index (κ1) is 14.7. The van der Waals surface area contributed by atoms with Crippen molar-refractivity contribution in [1.29, 1.82) is 0 Å². The third-order valence-electron chi connectivity index (χ3n) is 4.38. The van der Waals surface area contributed by atoms with Gasteiger partial charge in [-0.3, -0.25) is 4.90 Å². The molecule has 2 aromatic heterocycles. The van der Waals surface area contributed by atoms with Gasteiger partial charge in [-0.05, 0) is 36.8 Å². The van der Waals surface area contributed by atoms with Crippen LogP contribution in [0.15, 0.2) is 21.3 Å². The lowest BCUT2D eigenvalue weighted by Crippen LogP contribution is -2.46. The minimum atomic E-state index is 0.437. The van der Waals surface area contributed by atoms with E-state index in [0.717, 1.165) is 30.4 Å². The van der Waals surface area contributed by atoms with E-state index < -0.39 is 0 Å². The second-order valence-corrected chi connectivity index (χ2v) is 6.47. The number of nitrogens with two attached hydrogens (primary N) is 1. The van der Waals surface area contributed by atoms with Crippen molar-refractivity contribution in [2.75, 3.05) is 13.1 Å². The molecule has 0 amide bonds. The SMILES string of the molecule is CCC1CCN(Cc2noc(-c3ccsc3)n2)C(CN)C1. The molecule has 0 aromatic carbocycles. The van der Waals surface area contributed by atoms with Gasteiger partial charge in [0, 0.05) is 18.0 Å². The Hall–Kier alpha value is -1.24. The summed E-state index contributed by atoms with van der Waals surface area (Å²) in [7, 11) is 0. The molecule has 2 atom stereocenters. The molecular formula is C15H22N4OS. The Bertz CT molecular complexity index is 554. The van der Waals surface area contributed by atoms with Gasteiger partial charge in [0.1, 0.15) is 0 Å². The van der Waals surface area contributed by atoms with E-state index in [2.05, 4.69) is 22.0 Å². The lowest BCUT2D eigenvalue weighted by Gasteiger charge is -2.38. The minimum absolute atomic E-state index is 0.437. The number of aromatic nitrogens is 2. The summed E-state index contributed by atoms with van der Waals surface area (Å²) in [4.78, 5) is 6.90. The first-order valence-corrected chi connectivity index (χ1v) is 8.53. The zero-order chi connectivity index (χ0) is 14.7. The van der Waals surface area contributed by atoms with E-state index in [1.54, 1.807) is 11.3 Å². The number of hydrogen-bond acceptors (Lipinski definition) is 6. The Morgan fingerprint density at radius 2 is 2.43 bits per heavy atom. The molecule has 0 aliphatic carbocycles. The Morgan fingerprint density at radius 3 is 3.14 bits per heavy atom. The van der Waals surface area contributed by atoms with Gasteiger partial charge in [-0.2, -0.15) is 16.3 Å². The predicted molar refractivity (Wildman–Crippen MR) is 83.9 cm³/mol. The second-order valence-electron chi connectivity index (χ2n) is 5.69. The van der Waals surface area contributed by atoms with Crippen LogP contribution in [0, 0.1) is 5.92 Å². The molecule has 1 fully saturated rings. The van der Waals surface area contributed by atoms with Crippen LogP contribution in [0.5, 0.6) is 0 Å². The van der Waals surface area contributed by atoms with Crippen molar-refractivity contribution in [2.45, 2.75) is 38.8 Å². The molecule has 1 saturated heterocycles. The third-order valence-corrected chi connectivity index (χ3v) is 5.06. The largest absolute Gasteiger partial charge is 0.334 e. The average molecular weight is 306 g/mol. The number of hydrogen-bond donors (Lipinski definition) is 1. The van der Waals surface area contributed by atoms with Gasteiger partial charge in [0.2, 0.25) is 0 Å². The maximum absolute atomic E-state index is 5.94. The lowest BCUT2D eigenvalue weighted by molar-refractivity contribution is 0.104. The van der Waals surface area contributed by atoms with Crippen molar-refractivity contribution in [3.63, 3.8) is 0 Å². The molecule has 0 spiro atoms. The van der Waals surface area contributed by atoms with Gasteiger partial charge in [0.25, 0.3) is 5.89 Å². The molecule has 2 aromatic rings. The topological polar surface area (TPSA) is 68.2 Å². The number of nitrogens with zero attached hydrogens (tertiary/aromatic N) is 3. The van der Waals surface area contributed by atoms with Crippen molar-refractivity contribution < 1.29 is 4.52 Å². The molecule has 0 saturated carbocycles. The fourth-order valence-corrected chi connectivity index (χ4v) is 3.64. The van der Waals surface area contributed by atoms with Gasteiger partial charge in [0.15, 0.2) is 5.82 Å². The quantitative estimate of drug-likeness (QED) is 0.920. The summed E-state index contributed by atoms with van der Waals surface area (Å²) in [6, 6.07) is 2.43. The van der Waals surface area contributed by atoms with Gasteiger partial charge >= 0.3 is 0 Å². The molecule has 2 N–H and O–H groups in total. The molecule has 3 rings (SSSR count). The highest BCUT2D eigenvalue weighted by Gasteiger charge is 2.27. The molecule has 2 unspecified atom stereocenters. The summed E-state index contributed by atoms with van der Waals surface area (Å²) in [5, 5.41) is 8.14. The molecule has 6 heteroatoms. The molecule has 5 nitrogen and oxygen atoms in total. The van der Waals surface area contributed by atoms with Crippen LogP contribution in [0.25, 0.3) is 11.5 Å². The molecule has 1 aliphatic rings. The summed E-state index contributed by atoms with van der Waals surface area (Å²) in [6.07, 6.45) is 3.67. The standard InChI is InChI=1S/C15H22N4OS/c1-2-11-3-5-19(13(7-11)8-16)9-14-17-15(20-18-14)12-4-6-21-10-12/h4,6,10-11,13H,2-3,5,7-9,16H2,1H3. The molecule has 21 heavy (non-hydrogen) atoms. The normalized spacial score (nSPS) is 23.5. The Morgan fingerprint density at radius 1 is 1.52 bits per heavy atom. The van der Waals surface area contributed by atoms with Crippen molar-refractivity contribution >= 4 is 11.3 Å². The summed E-state index contributed by atoms with van der Waals surface area (Å²) >= 11 is 1.63. The third kappa shape index (κ3) is 3.33. The van der Waals surface area contributed by atoms with Crippen LogP contribution in [0.1, 0.15) is 32.0 Å². The van der Waals surface area contributed by atoms with Crippen LogP contribution in [0.2, 0.25) is 0 Å². The van der Waals surface area contributed by atoms with Gasteiger partial charge in [-0.25, -0.2) is 0 Å². The zero-order valence-corrected chi connectivity index (χ0v) is 13.2. The Balaban J connectivity index is 1.66. The fraction of sp³-hybridized carbons (Fsp3) is 0.600. The van der Waals surface area contributed by atoms with E-state index in [-0.39, 0.29) is 0 Å². The van der Waals surface area contributed by atoms with Gasteiger partial charge < -0.3 is 10.3 Å². The maximum atomic E-state index is 5.94. The van der Waals surface area contributed by atoms with Crippen molar-refractivity contribution in [3.8, 4) is 11.5 Å². The minimum Gasteiger partial charge on any atom is -0.334 e. The van der Waals surface area contributed by atoms with Gasteiger partial charge in [0.05, 0.1) is 12.1 Å². The smallest absolute Gasteiger partial charge is 0.258 e. The van der Waals surface area contributed by atoms with Crippen LogP contribution in [0.3, 0.4) is 0 Å². The maximum Gasteiger partial charge on any atom is 0.258 e. The zero-order valence-electron chi connectivity index (χ0n) is 12.4. The van der Waals surface area contributed by atoms with E-state index in [4.69, 9.17) is 10.3 Å². The first-order chi connectivity index (χ1) is 10.3. The monoisotopic (exact) mass is 306 g/mol. The Labute approximate surface area is 129 Å². The van der Waals surface area contributed by atoms with Crippen LogP contribution in [0.4, 0.5) is 0 Å². The van der Waals surface area contributed by atoms with E-state index in [9.17, 15) is 0 Å². The molecule has 0 radical (unpaired) electrons. The van der Waals surface area contributed by atoms with E-state index in [1.807, 2.05) is 16.8 Å². The number of rotatable bonds is 5. The summed E-state index contributed by atoms with van der Waals surface area (Å²) in [5.41, 5.74) is 6.94. The highest BCUT2D eigenvalue weighted by Crippen LogP contribution is 2.26. The van der Waals surface area contributed by atoms with Crippen molar-refractivity contribution in [1.82, 2.24) is 15.0 Å². The molecular weight excluding hydrogens is 284 g/mol. The predicted octanol–water partition coefficient (Wildman–Crippen LogP) is 2.75. The van der Waals surface area contributed by atoms with E-state index in [1.165, 1.54) is 19.3 Å². The van der Waals surface area contributed by atoms with Crippen LogP contribution < -0.4 is 5.73 Å². The van der Waals surface area contributed by atoms with Gasteiger partial charge in [-0.15, -0.1) is 0 Å². The van der Waals surface area contributed by atoms with E-state index in [0.29, 0.717) is 18.5 Å². The number of piperidine rings is 1. The first-order valence-electron chi connectivity index (χ1n) is 7.59. The molecule has 1 aliphatic heterocycles. The molecule has 114 valence electrons. The summed E-state index contributed by atoms with van der Waals surface area (Å²) < 4.78 is 5.35. The number of likely N-dealkylation sites (tertiary alicyclic amines) is 1. The summed E-state index contributed by atoms with van der Waals surface area (Å²) in [5.74, 6) is 2.17. The van der Waals surface area contributed by atoms with Gasteiger partial charge in [-0.1, -0.05) is 18.5 Å². The van der Waals surface area contributed by atoms with Crippen LogP contribution >= 0.6 is 11.3 Å².